The van der Waals surface area contributed by atoms with Crippen LogP contribution in [0.15, 0.2) is 71.1 Å². The molecule has 1 amide bonds. The highest BCUT2D eigenvalue weighted by Gasteiger charge is 2.30. The van der Waals surface area contributed by atoms with Gasteiger partial charge in [0, 0.05) is 55.8 Å². The molecule has 1 aromatic carbocycles. The molecule has 0 fully saturated rings. The largest absolute Gasteiger partial charge is 0.402 e. The van der Waals surface area contributed by atoms with Gasteiger partial charge in [-0.2, -0.15) is 0 Å². The molecule has 2 heterocycles. The molecule has 1 aliphatic rings. The lowest BCUT2D eigenvalue weighted by Crippen LogP contribution is -2.43. The first kappa shape index (κ1) is 18.8. The minimum atomic E-state index is -0.574. The molecular formula is C21H24N4O2. The number of carbonyl (C=O) groups is 1. The number of nitrogens with zero attached hydrogens (tertiary/aromatic N) is 3. The fourth-order valence-electron chi connectivity index (χ4n) is 3.37. The van der Waals surface area contributed by atoms with Crippen molar-refractivity contribution in [2.24, 2.45) is 10.7 Å². The van der Waals surface area contributed by atoms with Crippen molar-refractivity contribution in [1.82, 2.24) is 9.88 Å². The van der Waals surface area contributed by atoms with Gasteiger partial charge in [-0.3, -0.25) is 14.8 Å². The second-order valence-corrected chi connectivity index (χ2v) is 6.47. The quantitative estimate of drug-likeness (QED) is 0.790. The molecule has 6 heteroatoms. The third kappa shape index (κ3) is 4.06. The van der Waals surface area contributed by atoms with Crippen LogP contribution in [-0.4, -0.2) is 53.4 Å². The van der Waals surface area contributed by atoms with Crippen molar-refractivity contribution in [2.45, 2.75) is 12.3 Å². The van der Waals surface area contributed by atoms with Crippen LogP contribution in [0, 0.1) is 0 Å². The highest BCUT2D eigenvalue weighted by molar-refractivity contribution is 6.13. The van der Waals surface area contributed by atoms with Crippen molar-refractivity contribution < 1.29 is 9.90 Å². The van der Waals surface area contributed by atoms with Crippen LogP contribution in [0.4, 0.5) is 0 Å². The molecule has 0 radical (unpaired) electrons. The molecule has 2 aromatic rings. The van der Waals surface area contributed by atoms with Gasteiger partial charge in [0.2, 0.25) is 5.91 Å². The van der Waals surface area contributed by atoms with Gasteiger partial charge in [0.15, 0.2) is 0 Å². The van der Waals surface area contributed by atoms with Crippen molar-refractivity contribution in [3.05, 3.63) is 77.3 Å². The smallest absolute Gasteiger partial charge is 0.232 e. The summed E-state index contributed by atoms with van der Waals surface area (Å²) in [4.78, 5) is 23.3. The van der Waals surface area contributed by atoms with E-state index in [1.807, 2.05) is 42.5 Å². The Labute approximate surface area is 159 Å². The van der Waals surface area contributed by atoms with E-state index < -0.39 is 5.92 Å². The van der Waals surface area contributed by atoms with Crippen LogP contribution in [0.25, 0.3) is 0 Å². The van der Waals surface area contributed by atoms with Crippen LogP contribution in [0.5, 0.6) is 0 Å². The molecule has 0 saturated heterocycles. The number of hydrogen-bond acceptors (Lipinski definition) is 5. The van der Waals surface area contributed by atoms with Crippen LogP contribution in [0.3, 0.4) is 0 Å². The Balaban J connectivity index is 1.85. The third-order valence-electron chi connectivity index (χ3n) is 4.85. The van der Waals surface area contributed by atoms with Gasteiger partial charge in [-0.15, -0.1) is 0 Å². The van der Waals surface area contributed by atoms with E-state index in [1.165, 1.54) is 0 Å². The number of amides is 1. The standard InChI is InChI=1S/C21H24N4O2/c1-23-20(16-7-10-24-11-8-16)17-13-25(12-9-19(17)22)21(27)18(14-26)15-5-3-2-4-6-15/h2-8,10-11,18,26H,9,12-14,22H2,1H3/b23-20-. The lowest BCUT2D eigenvalue weighted by molar-refractivity contribution is -0.133. The van der Waals surface area contributed by atoms with Gasteiger partial charge in [0.1, 0.15) is 0 Å². The van der Waals surface area contributed by atoms with E-state index in [9.17, 15) is 9.90 Å². The fourth-order valence-corrected chi connectivity index (χ4v) is 3.37. The molecular weight excluding hydrogens is 340 g/mol. The summed E-state index contributed by atoms with van der Waals surface area (Å²) in [6.45, 7) is 0.681. The summed E-state index contributed by atoms with van der Waals surface area (Å²) in [5.41, 5.74) is 10.4. The zero-order chi connectivity index (χ0) is 19.2. The number of benzene rings is 1. The van der Waals surface area contributed by atoms with E-state index in [0.717, 1.165) is 28.1 Å². The molecule has 27 heavy (non-hydrogen) atoms. The van der Waals surface area contributed by atoms with E-state index in [4.69, 9.17) is 5.73 Å². The Morgan fingerprint density at radius 2 is 1.96 bits per heavy atom. The summed E-state index contributed by atoms with van der Waals surface area (Å²) in [7, 11) is 1.72. The van der Waals surface area contributed by atoms with Gasteiger partial charge in [-0.25, -0.2) is 0 Å². The molecule has 0 aliphatic carbocycles. The van der Waals surface area contributed by atoms with E-state index in [2.05, 4.69) is 9.98 Å². The second-order valence-electron chi connectivity index (χ2n) is 6.47. The van der Waals surface area contributed by atoms with Crippen LogP contribution in [0.1, 0.15) is 23.5 Å². The number of carbonyl (C=O) groups excluding carboxylic acids is 1. The Bertz CT molecular complexity index is 847. The van der Waals surface area contributed by atoms with Gasteiger partial charge in [-0.05, 0) is 17.7 Å². The molecule has 140 valence electrons. The van der Waals surface area contributed by atoms with E-state index in [-0.39, 0.29) is 12.5 Å². The van der Waals surface area contributed by atoms with Gasteiger partial charge in [0.25, 0.3) is 0 Å². The van der Waals surface area contributed by atoms with E-state index in [1.54, 1.807) is 24.3 Å². The topological polar surface area (TPSA) is 91.8 Å². The number of aliphatic imine (C=N–C) groups is 1. The summed E-state index contributed by atoms with van der Waals surface area (Å²) < 4.78 is 0. The van der Waals surface area contributed by atoms with Gasteiger partial charge in [-0.1, -0.05) is 30.3 Å². The van der Waals surface area contributed by atoms with Gasteiger partial charge >= 0.3 is 0 Å². The summed E-state index contributed by atoms with van der Waals surface area (Å²) in [6, 6.07) is 13.1. The number of pyridine rings is 1. The molecule has 1 atom stereocenters. The van der Waals surface area contributed by atoms with E-state index in [0.29, 0.717) is 19.5 Å². The van der Waals surface area contributed by atoms with Crippen molar-refractivity contribution >= 4 is 11.6 Å². The van der Waals surface area contributed by atoms with Crippen molar-refractivity contribution in [3.8, 4) is 0 Å². The number of hydrogen-bond donors (Lipinski definition) is 2. The molecule has 1 aliphatic heterocycles. The van der Waals surface area contributed by atoms with Gasteiger partial charge < -0.3 is 15.7 Å². The highest BCUT2D eigenvalue weighted by Crippen LogP contribution is 2.24. The lowest BCUT2D eigenvalue weighted by atomic mass is 9.94. The number of aromatic nitrogens is 1. The van der Waals surface area contributed by atoms with Gasteiger partial charge in [0.05, 0.1) is 18.2 Å². The maximum Gasteiger partial charge on any atom is 0.232 e. The molecule has 3 rings (SSSR count). The van der Waals surface area contributed by atoms with Crippen LogP contribution < -0.4 is 5.73 Å². The highest BCUT2D eigenvalue weighted by atomic mass is 16.3. The zero-order valence-electron chi connectivity index (χ0n) is 15.4. The van der Waals surface area contributed by atoms with Crippen LogP contribution in [-0.2, 0) is 4.79 Å². The fraction of sp³-hybridized carbons (Fsp3) is 0.286. The maximum atomic E-state index is 13.1. The average Bonchev–Trinajstić information content (AvgIpc) is 2.72. The van der Waals surface area contributed by atoms with Crippen molar-refractivity contribution in [1.29, 1.82) is 0 Å². The zero-order valence-corrected chi connectivity index (χ0v) is 15.4. The monoisotopic (exact) mass is 364 g/mol. The predicted molar refractivity (Wildman–Crippen MR) is 105 cm³/mol. The first-order chi connectivity index (χ1) is 13.2. The second kappa shape index (κ2) is 8.60. The van der Waals surface area contributed by atoms with E-state index >= 15 is 0 Å². The Hall–Kier alpha value is -2.99. The Kier molecular flexibility index (Phi) is 5.98. The molecule has 6 nitrogen and oxygen atoms in total. The average molecular weight is 364 g/mol. The maximum absolute atomic E-state index is 13.1. The molecule has 1 aromatic heterocycles. The molecule has 1 unspecified atom stereocenters. The molecule has 0 spiro atoms. The molecule has 3 N–H and O–H groups in total. The Morgan fingerprint density at radius 3 is 2.59 bits per heavy atom. The lowest BCUT2D eigenvalue weighted by Gasteiger charge is -2.32. The Morgan fingerprint density at radius 1 is 1.26 bits per heavy atom. The molecule has 0 bridgehead atoms. The first-order valence-corrected chi connectivity index (χ1v) is 8.95. The SMILES string of the molecule is C/N=C(\C1=C(N)CCN(C(=O)C(CO)c2ccccc2)C1)c1ccncc1. The number of nitrogens with two attached hydrogens (primary N) is 1. The normalized spacial score (nSPS) is 16.4. The first-order valence-electron chi connectivity index (χ1n) is 8.95. The predicted octanol–water partition coefficient (Wildman–Crippen LogP) is 1.72. The number of aliphatic hydroxyl groups is 1. The number of rotatable bonds is 5. The number of aliphatic hydroxyl groups excluding tert-OH is 1. The summed E-state index contributed by atoms with van der Waals surface area (Å²) >= 11 is 0. The van der Waals surface area contributed by atoms with Crippen LogP contribution >= 0.6 is 0 Å². The third-order valence-corrected chi connectivity index (χ3v) is 4.85. The van der Waals surface area contributed by atoms with Crippen LogP contribution in [0.2, 0.25) is 0 Å². The minimum Gasteiger partial charge on any atom is -0.402 e. The van der Waals surface area contributed by atoms with Crippen molar-refractivity contribution in [3.63, 3.8) is 0 Å². The summed E-state index contributed by atoms with van der Waals surface area (Å²) in [5, 5.41) is 9.82. The summed E-state index contributed by atoms with van der Waals surface area (Å²) in [5.74, 6) is -0.673. The summed E-state index contributed by atoms with van der Waals surface area (Å²) in [6.07, 6.45) is 4.00. The minimum absolute atomic E-state index is 0.0983. The van der Waals surface area contributed by atoms with Crippen molar-refractivity contribution in [2.75, 3.05) is 26.7 Å². The molecule has 0 saturated carbocycles.